The summed E-state index contributed by atoms with van der Waals surface area (Å²) in [6, 6.07) is 3.38. The van der Waals surface area contributed by atoms with Crippen LogP contribution in [0.15, 0.2) is 18.3 Å². The summed E-state index contributed by atoms with van der Waals surface area (Å²) in [7, 11) is 3.30. The molecule has 4 nitrogen and oxygen atoms in total. The fourth-order valence-corrected chi connectivity index (χ4v) is 2.04. The molecule has 0 amide bonds. The zero-order valence-corrected chi connectivity index (χ0v) is 10.9. The van der Waals surface area contributed by atoms with Crippen LogP contribution >= 0.6 is 23.2 Å². The molecule has 0 bridgehead atoms. The predicted molar refractivity (Wildman–Crippen MR) is 69.6 cm³/mol. The highest BCUT2D eigenvalue weighted by molar-refractivity contribution is 6.36. The van der Waals surface area contributed by atoms with Crippen LogP contribution in [0.4, 0.5) is 5.82 Å². The Bertz CT molecular complexity index is 566. The highest BCUT2D eigenvalue weighted by Crippen LogP contribution is 2.38. The van der Waals surface area contributed by atoms with E-state index in [0.717, 1.165) is 11.1 Å². The highest BCUT2D eigenvalue weighted by Gasteiger charge is 2.14. The molecule has 2 aromatic rings. The lowest BCUT2D eigenvalue weighted by Crippen LogP contribution is -1.98. The predicted octanol–water partition coefficient (Wildman–Crippen LogP) is 2.98. The quantitative estimate of drug-likeness (QED) is 0.914. The second-order valence-corrected chi connectivity index (χ2v) is 4.35. The van der Waals surface area contributed by atoms with Crippen molar-refractivity contribution in [2.24, 2.45) is 7.05 Å². The molecule has 2 N–H and O–H groups in total. The van der Waals surface area contributed by atoms with E-state index in [1.54, 1.807) is 30.1 Å². The van der Waals surface area contributed by atoms with Gasteiger partial charge in [0.2, 0.25) is 0 Å². The van der Waals surface area contributed by atoms with Crippen molar-refractivity contribution in [2.75, 3.05) is 12.8 Å². The number of methoxy groups -OCH3 is 1. The summed E-state index contributed by atoms with van der Waals surface area (Å²) in [5, 5.41) is 5.07. The molecule has 1 aromatic carbocycles. The maximum atomic E-state index is 6.16. The summed E-state index contributed by atoms with van der Waals surface area (Å²) in [4.78, 5) is 0. The van der Waals surface area contributed by atoms with Crippen molar-refractivity contribution in [3.05, 3.63) is 28.4 Å². The molecule has 0 saturated heterocycles. The van der Waals surface area contributed by atoms with Gasteiger partial charge in [0.1, 0.15) is 11.6 Å². The molecule has 6 heteroatoms. The molecule has 17 heavy (non-hydrogen) atoms. The molecule has 0 aliphatic heterocycles. The number of nitrogens with two attached hydrogens (primary N) is 1. The lowest BCUT2D eigenvalue weighted by molar-refractivity contribution is 0.415. The zero-order valence-electron chi connectivity index (χ0n) is 9.37. The number of rotatable bonds is 2. The van der Waals surface area contributed by atoms with Gasteiger partial charge >= 0.3 is 0 Å². The Kier molecular flexibility index (Phi) is 3.17. The SMILES string of the molecule is COc1cc(Cl)c(-c2cnn(C)c2N)cc1Cl. The van der Waals surface area contributed by atoms with Gasteiger partial charge in [-0.25, -0.2) is 0 Å². The van der Waals surface area contributed by atoms with Gasteiger partial charge in [-0.2, -0.15) is 5.10 Å². The van der Waals surface area contributed by atoms with Crippen LogP contribution in [0.2, 0.25) is 10.0 Å². The first-order chi connectivity index (χ1) is 8.04. The first-order valence-electron chi connectivity index (χ1n) is 4.85. The van der Waals surface area contributed by atoms with Gasteiger partial charge in [-0.1, -0.05) is 23.2 Å². The maximum Gasteiger partial charge on any atom is 0.138 e. The van der Waals surface area contributed by atoms with Crippen LogP contribution in [0, 0.1) is 0 Å². The third kappa shape index (κ3) is 2.06. The molecule has 0 radical (unpaired) electrons. The molecule has 0 spiro atoms. The molecular weight excluding hydrogens is 261 g/mol. The van der Waals surface area contributed by atoms with E-state index in [1.807, 2.05) is 0 Å². The van der Waals surface area contributed by atoms with E-state index in [-0.39, 0.29) is 0 Å². The number of aryl methyl sites for hydroxylation is 1. The van der Waals surface area contributed by atoms with Crippen molar-refractivity contribution >= 4 is 29.0 Å². The number of aromatic nitrogens is 2. The molecule has 0 unspecified atom stereocenters. The molecule has 1 heterocycles. The summed E-state index contributed by atoms with van der Waals surface area (Å²) in [6.45, 7) is 0. The standard InChI is InChI=1S/C11H11Cl2N3O/c1-16-11(14)7(5-15-16)6-3-9(13)10(17-2)4-8(6)12/h3-5H,14H2,1-2H3. The Morgan fingerprint density at radius 1 is 1.24 bits per heavy atom. The van der Waals surface area contributed by atoms with Crippen LogP contribution < -0.4 is 10.5 Å². The average molecular weight is 272 g/mol. The zero-order chi connectivity index (χ0) is 12.6. The van der Waals surface area contributed by atoms with Crippen LogP contribution in [-0.2, 0) is 7.05 Å². The Balaban J connectivity index is 2.60. The summed E-state index contributed by atoms with van der Waals surface area (Å²) in [6.07, 6.45) is 1.65. The smallest absolute Gasteiger partial charge is 0.138 e. The monoisotopic (exact) mass is 271 g/mol. The summed E-state index contributed by atoms with van der Waals surface area (Å²) in [5.74, 6) is 1.07. The third-order valence-corrected chi connectivity index (χ3v) is 3.12. The maximum absolute atomic E-state index is 6.16. The Morgan fingerprint density at radius 2 is 1.94 bits per heavy atom. The van der Waals surface area contributed by atoms with Crippen molar-refractivity contribution < 1.29 is 4.74 Å². The molecule has 0 fully saturated rings. The molecule has 0 aliphatic rings. The lowest BCUT2D eigenvalue weighted by atomic mass is 10.1. The second kappa shape index (κ2) is 4.47. The van der Waals surface area contributed by atoms with Crippen molar-refractivity contribution in [2.45, 2.75) is 0 Å². The van der Waals surface area contributed by atoms with Crippen molar-refractivity contribution in [3.8, 4) is 16.9 Å². The molecule has 2 rings (SSSR count). The summed E-state index contributed by atoms with van der Waals surface area (Å²) < 4.78 is 6.66. The van der Waals surface area contributed by atoms with Gasteiger partial charge < -0.3 is 10.5 Å². The van der Waals surface area contributed by atoms with E-state index in [0.29, 0.717) is 21.6 Å². The van der Waals surface area contributed by atoms with Crippen LogP contribution in [0.1, 0.15) is 0 Å². The van der Waals surface area contributed by atoms with Crippen molar-refractivity contribution in [1.29, 1.82) is 0 Å². The Hall–Kier alpha value is -1.39. The Morgan fingerprint density at radius 3 is 2.47 bits per heavy atom. The molecule has 0 atom stereocenters. The third-order valence-electron chi connectivity index (χ3n) is 2.52. The number of benzene rings is 1. The first-order valence-corrected chi connectivity index (χ1v) is 5.61. The molecule has 0 saturated carbocycles. The van der Waals surface area contributed by atoms with Crippen LogP contribution in [-0.4, -0.2) is 16.9 Å². The second-order valence-electron chi connectivity index (χ2n) is 3.53. The van der Waals surface area contributed by atoms with Gasteiger partial charge in [0.05, 0.1) is 23.4 Å². The van der Waals surface area contributed by atoms with Crippen LogP contribution in [0.25, 0.3) is 11.1 Å². The van der Waals surface area contributed by atoms with Gasteiger partial charge in [0, 0.05) is 24.2 Å². The summed E-state index contributed by atoms with van der Waals surface area (Å²) in [5.41, 5.74) is 7.38. The molecular formula is C11H11Cl2N3O. The van der Waals surface area contributed by atoms with Gasteiger partial charge in [0.15, 0.2) is 0 Å². The summed E-state index contributed by atoms with van der Waals surface area (Å²) >= 11 is 12.2. The topological polar surface area (TPSA) is 53.1 Å². The fourth-order valence-electron chi connectivity index (χ4n) is 1.55. The Labute approximate surface area is 109 Å². The number of anilines is 1. The van der Waals surface area contributed by atoms with E-state index < -0.39 is 0 Å². The van der Waals surface area contributed by atoms with Crippen LogP contribution in [0.5, 0.6) is 5.75 Å². The average Bonchev–Trinajstić information content (AvgIpc) is 2.63. The number of nitrogen functional groups attached to an aromatic ring is 1. The number of hydrogen-bond donors (Lipinski definition) is 1. The van der Waals surface area contributed by atoms with E-state index in [2.05, 4.69) is 5.10 Å². The van der Waals surface area contributed by atoms with Crippen LogP contribution in [0.3, 0.4) is 0 Å². The molecule has 90 valence electrons. The number of ether oxygens (including phenoxy) is 1. The first kappa shape index (κ1) is 12.1. The molecule has 0 aliphatic carbocycles. The lowest BCUT2D eigenvalue weighted by Gasteiger charge is -2.08. The molecule has 1 aromatic heterocycles. The van der Waals surface area contributed by atoms with Gasteiger partial charge in [0.25, 0.3) is 0 Å². The minimum absolute atomic E-state index is 0.482. The van der Waals surface area contributed by atoms with Gasteiger partial charge in [-0.05, 0) is 6.07 Å². The largest absolute Gasteiger partial charge is 0.495 e. The highest BCUT2D eigenvalue weighted by atomic mass is 35.5. The number of halogens is 2. The van der Waals surface area contributed by atoms with Gasteiger partial charge in [-0.3, -0.25) is 4.68 Å². The van der Waals surface area contributed by atoms with E-state index >= 15 is 0 Å². The number of hydrogen-bond acceptors (Lipinski definition) is 3. The van der Waals surface area contributed by atoms with E-state index in [9.17, 15) is 0 Å². The van der Waals surface area contributed by atoms with Gasteiger partial charge in [-0.15, -0.1) is 0 Å². The van der Waals surface area contributed by atoms with E-state index in [4.69, 9.17) is 33.7 Å². The number of nitrogens with zero attached hydrogens (tertiary/aromatic N) is 2. The van der Waals surface area contributed by atoms with E-state index in [1.165, 1.54) is 7.11 Å². The van der Waals surface area contributed by atoms with Crippen molar-refractivity contribution in [3.63, 3.8) is 0 Å². The van der Waals surface area contributed by atoms with Crippen molar-refractivity contribution in [1.82, 2.24) is 9.78 Å². The minimum Gasteiger partial charge on any atom is -0.495 e. The minimum atomic E-state index is 0.482. The normalized spacial score (nSPS) is 10.6. The fraction of sp³-hybridized carbons (Fsp3) is 0.182.